The van der Waals surface area contributed by atoms with E-state index < -0.39 is 0 Å². The normalized spacial score (nSPS) is 9.88. The summed E-state index contributed by atoms with van der Waals surface area (Å²) in [5.74, 6) is 0.339. The van der Waals surface area contributed by atoms with Crippen LogP contribution in [0.2, 0.25) is 0 Å². The van der Waals surface area contributed by atoms with Crippen LogP contribution in [-0.2, 0) is 4.79 Å². The van der Waals surface area contributed by atoms with Gasteiger partial charge in [0.2, 0.25) is 5.91 Å². The highest BCUT2D eigenvalue weighted by Gasteiger charge is 2.08. The number of nitrogens with one attached hydrogen (secondary N) is 1. The first-order valence-corrected chi connectivity index (χ1v) is 7.02. The largest absolute Gasteiger partial charge is 0.389 e. The summed E-state index contributed by atoms with van der Waals surface area (Å²) in [6.07, 6.45) is 1.87. The highest BCUT2D eigenvalue weighted by atomic mass is 79.9. The molecule has 0 aliphatic rings. The summed E-state index contributed by atoms with van der Waals surface area (Å²) in [7, 11) is 0. The summed E-state index contributed by atoms with van der Waals surface area (Å²) in [6.45, 7) is 0. The highest BCUT2D eigenvalue weighted by Crippen LogP contribution is 2.21. The van der Waals surface area contributed by atoms with Gasteiger partial charge in [-0.2, -0.15) is 11.8 Å². The summed E-state index contributed by atoms with van der Waals surface area (Å²) < 4.78 is 0.868. The zero-order chi connectivity index (χ0) is 12.1. The number of benzene rings is 1. The van der Waals surface area contributed by atoms with E-state index >= 15 is 0 Å². The van der Waals surface area contributed by atoms with Crippen LogP contribution in [0.5, 0.6) is 0 Å². The Hall–Kier alpha value is -0.590. The molecule has 0 radical (unpaired) electrons. The van der Waals surface area contributed by atoms with Gasteiger partial charge in [0, 0.05) is 10.0 Å². The molecule has 0 atom stereocenters. The first-order chi connectivity index (χ1) is 7.54. The van der Waals surface area contributed by atoms with Gasteiger partial charge >= 0.3 is 0 Å². The topological polar surface area (TPSA) is 55.1 Å². The molecule has 16 heavy (non-hydrogen) atoms. The lowest BCUT2D eigenvalue weighted by Gasteiger charge is -2.10. The molecule has 1 aromatic rings. The van der Waals surface area contributed by atoms with E-state index in [9.17, 15) is 4.79 Å². The third-order valence-electron chi connectivity index (χ3n) is 1.80. The molecule has 0 aromatic heterocycles. The van der Waals surface area contributed by atoms with Crippen molar-refractivity contribution in [3.63, 3.8) is 0 Å². The van der Waals surface area contributed by atoms with Crippen LogP contribution >= 0.6 is 39.9 Å². The van der Waals surface area contributed by atoms with Gasteiger partial charge in [-0.3, -0.25) is 4.79 Å². The predicted octanol–water partition coefficient (Wildman–Crippen LogP) is 2.38. The Morgan fingerprint density at radius 1 is 1.62 bits per heavy atom. The van der Waals surface area contributed by atoms with Crippen molar-refractivity contribution in [3.05, 3.63) is 28.2 Å². The predicted molar refractivity (Wildman–Crippen MR) is 77.0 cm³/mol. The fourth-order valence-corrected chi connectivity index (χ4v) is 2.03. The van der Waals surface area contributed by atoms with Crippen LogP contribution in [0.25, 0.3) is 0 Å². The van der Waals surface area contributed by atoms with Gasteiger partial charge < -0.3 is 11.1 Å². The fourth-order valence-electron chi connectivity index (χ4n) is 1.15. The second-order valence-electron chi connectivity index (χ2n) is 3.04. The molecule has 1 rings (SSSR count). The van der Waals surface area contributed by atoms with E-state index in [0.29, 0.717) is 17.0 Å². The summed E-state index contributed by atoms with van der Waals surface area (Å²) in [6, 6.07) is 5.40. The third kappa shape index (κ3) is 3.77. The molecule has 0 saturated carbocycles. The zero-order valence-corrected chi connectivity index (χ0v) is 11.8. The molecule has 0 heterocycles. The minimum absolute atomic E-state index is 0.0666. The summed E-state index contributed by atoms with van der Waals surface area (Å²) in [4.78, 5) is 11.7. The van der Waals surface area contributed by atoms with Crippen LogP contribution in [-0.4, -0.2) is 22.9 Å². The van der Waals surface area contributed by atoms with Gasteiger partial charge in [0.05, 0.1) is 11.4 Å². The first-order valence-electron chi connectivity index (χ1n) is 4.42. The Balaban J connectivity index is 2.96. The van der Waals surface area contributed by atoms with Crippen molar-refractivity contribution >= 4 is 56.5 Å². The molecular weight excluding hydrogens is 308 g/mol. The van der Waals surface area contributed by atoms with Gasteiger partial charge in [-0.25, -0.2) is 0 Å². The van der Waals surface area contributed by atoms with Gasteiger partial charge in [0.1, 0.15) is 4.99 Å². The number of thiocarbonyl (C=S) groups is 1. The molecule has 0 fully saturated rings. The van der Waals surface area contributed by atoms with Crippen molar-refractivity contribution in [2.45, 2.75) is 0 Å². The quantitative estimate of drug-likeness (QED) is 0.837. The van der Waals surface area contributed by atoms with E-state index in [-0.39, 0.29) is 10.9 Å². The molecule has 6 heteroatoms. The third-order valence-corrected chi connectivity index (χ3v) is 3.06. The summed E-state index contributed by atoms with van der Waals surface area (Å²) in [5, 5.41) is 2.78. The van der Waals surface area contributed by atoms with Gasteiger partial charge in [0.25, 0.3) is 0 Å². The van der Waals surface area contributed by atoms with Crippen molar-refractivity contribution in [2.24, 2.45) is 5.73 Å². The molecule has 0 spiro atoms. The highest BCUT2D eigenvalue weighted by molar-refractivity contribution is 9.10. The average molecular weight is 319 g/mol. The number of hydrogen-bond acceptors (Lipinski definition) is 3. The van der Waals surface area contributed by atoms with Crippen molar-refractivity contribution in [2.75, 3.05) is 17.3 Å². The molecule has 3 N–H and O–H groups in total. The molecule has 3 nitrogen and oxygen atoms in total. The Morgan fingerprint density at radius 3 is 2.88 bits per heavy atom. The minimum atomic E-state index is -0.0666. The van der Waals surface area contributed by atoms with Gasteiger partial charge in [-0.15, -0.1) is 0 Å². The fraction of sp³-hybridized carbons (Fsp3) is 0.200. The number of rotatable bonds is 4. The molecular formula is C10H11BrN2OS2. The van der Waals surface area contributed by atoms with E-state index in [4.69, 9.17) is 18.0 Å². The molecule has 1 aromatic carbocycles. The van der Waals surface area contributed by atoms with Gasteiger partial charge in [-0.1, -0.05) is 28.1 Å². The second-order valence-corrected chi connectivity index (χ2v) is 5.26. The number of carbonyl (C=O) groups is 1. The summed E-state index contributed by atoms with van der Waals surface area (Å²) in [5.41, 5.74) is 6.89. The lowest BCUT2D eigenvalue weighted by molar-refractivity contribution is -0.113. The number of hydrogen-bond donors (Lipinski definition) is 2. The maximum absolute atomic E-state index is 11.5. The van der Waals surface area contributed by atoms with Crippen LogP contribution in [0.15, 0.2) is 22.7 Å². The van der Waals surface area contributed by atoms with E-state index in [1.165, 1.54) is 11.8 Å². The Kier molecular flexibility index (Phi) is 5.24. The van der Waals surface area contributed by atoms with E-state index in [1.54, 1.807) is 12.1 Å². The summed E-state index contributed by atoms with van der Waals surface area (Å²) >= 11 is 9.71. The standard InChI is InChI=1S/C10H11BrN2OS2/c1-16-5-9(14)13-8-4-6(11)2-3-7(8)10(12)15/h2-4H,5H2,1H3,(H2,12,15)(H,13,14). The molecule has 0 aliphatic heterocycles. The van der Waals surface area contributed by atoms with Crippen LogP contribution in [0.1, 0.15) is 5.56 Å². The minimum Gasteiger partial charge on any atom is -0.389 e. The van der Waals surface area contributed by atoms with E-state index in [2.05, 4.69) is 21.2 Å². The first kappa shape index (κ1) is 13.5. The molecule has 0 bridgehead atoms. The van der Waals surface area contributed by atoms with Crippen molar-refractivity contribution < 1.29 is 4.79 Å². The smallest absolute Gasteiger partial charge is 0.234 e. The monoisotopic (exact) mass is 318 g/mol. The van der Waals surface area contributed by atoms with Crippen LogP contribution in [0.4, 0.5) is 5.69 Å². The Labute approximate surface area is 112 Å². The second kappa shape index (κ2) is 6.22. The maximum atomic E-state index is 11.5. The number of anilines is 1. The van der Waals surface area contributed by atoms with E-state index in [0.717, 1.165) is 4.47 Å². The number of halogens is 1. The van der Waals surface area contributed by atoms with Crippen molar-refractivity contribution in [3.8, 4) is 0 Å². The van der Waals surface area contributed by atoms with Crippen LogP contribution in [0.3, 0.4) is 0 Å². The lowest BCUT2D eigenvalue weighted by atomic mass is 10.2. The number of carbonyl (C=O) groups excluding carboxylic acids is 1. The van der Waals surface area contributed by atoms with Gasteiger partial charge in [-0.05, 0) is 24.5 Å². The Bertz CT molecular complexity index is 423. The van der Waals surface area contributed by atoms with Crippen LogP contribution in [0, 0.1) is 0 Å². The SMILES string of the molecule is CSCC(=O)Nc1cc(Br)ccc1C(N)=S. The molecule has 0 unspecified atom stereocenters. The molecule has 1 amide bonds. The van der Waals surface area contributed by atoms with Gasteiger partial charge in [0.15, 0.2) is 0 Å². The molecule has 0 saturated heterocycles. The lowest BCUT2D eigenvalue weighted by Crippen LogP contribution is -2.18. The Morgan fingerprint density at radius 2 is 2.31 bits per heavy atom. The number of nitrogens with two attached hydrogens (primary N) is 1. The maximum Gasteiger partial charge on any atom is 0.234 e. The average Bonchev–Trinajstić information content (AvgIpc) is 2.17. The van der Waals surface area contributed by atoms with Crippen LogP contribution < -0.4 is 11.1 Å². The molecule has 0 aliphatic carbocycles. The zero-order valence-electron chi connectivity index (χ0n) is 8.62. The van der Waals surface area contributed by atoms with Crippen molar-refractivity contribution in [1.82, 2.24) is 0 Å². The molecule has 86 valence electrons. The number of thioether (sulfide) groups is 1. The number of amides is 1. The van der Waals surface area contributed by atoms with Crippen molar-refractivity contribution in [1.29, 1.82) is 0 Å². The van der Waals surface area contributed by atoms with E-state index in [1.807, 2.05) is 12.3 Å².